The third-order valence-electron chi connectivity index (χ3n) is 2.53. The molecular weight excluding hydrogens is 336 g/mol. The lowest BCUT2D eigenvalue weighted by Gasteiger charge is -2.10. The van der Waals surface area contributed by atoms with Crippen molar-refractivity contribution in [3.05, 3.63) is 56.0 Å². The topological polar surface area (TPSA) is 0 Å². The monoisotopic (exact) mass is 340 g/mol. The minimum atomic E-state index is -2.58. The van der Waals surface area contributed by atoms with Crippen LogP contribution in [0.15, 0.2) is 30.3 Å². The van der Waals surface area contributed by atoms with Crippen LogP contribution in [0.5, 0.6) is 0 Å². The van der Waals surface area contributed by atoms with E-state index < -0.39 is 6.43 Å². The van der Waals surface area contributed by atoms with E-state index in [2.05, 4.69) is 0 Å². The molecule has 0 radical (unpaired) electrons. The summed E-state index contributed by atoms with van der Waals surface area (Å²) in [4.78, 5) is 0. The van der Waals surface area contributed by atoms with Gasteiger partial charge < -0.3 is 0 Å². The standard InChI is InChI=1S/C13H6Cl4F2/c14-7-4-9(12(17)11(16)5-7)8-2-1-6(13(18)19)3-10(8)15/h1-5,13H. The van der Waals surface area contributed by atoms with Crippen molar-refractivity contribution >= 4 is 46.4 Å². The minimum Gasteiger partial charge on any atom is -0.205 e. The second-order valence-corrected chi connectivity index (χ2v) is 5.42. The molecule has 0 aliphatic heterocycles. The Morgan fingerprint density at radius 1 is 0.789 bits per heavy atom. The zero-order chi connectivity index (χ0) is 14.2. The van der Waals surface area contributed by atoms with Gasteiger partial charge in [0.1, 0.15) is 0 Å². The van der Waals surface area contributed by atoms with Crippen molar-refractivity contribution in [3.63, 3.8) is 0 Å². The van der Waals surface area contributed by atoms with E-state index in [0.29, 0.717) is 16.1 Å². The van der Waals surface area contributed by atoms with Gasteiger partial charge in [-0.3, -0.25) is 0 Å². The lowest BCUT2D eigenvalue weighted by Crippen LogP contribution is -1.88. The second kappa shape index (κ2) is 5.84. The van der Waals surface area contributed by atoms with Crippen molar-refractivity contribution in [2.75, 3.05) is 0 Å². The molecule has 2 aromatic rings. The maximum atomic E-state index is 12.6. The molecule has 0 saturated carbocycles. The Kier molecular flexibility index (Phi) is 4.57. The zero-order valence-electron chi connectivity index (χ0n) is 9.23. The quantitative estimate of drug-likeness (QED) is 0.521. The third kappa shape index (κ3) is 3.14. The average molecular weight is 342 g/mol. The first-order chi connectivity index (χ1) is 8.90. The van der Waals surface area contributed by atoms with E-state index >= 15 is 0 Å². The van der Waals surface area contributed by atoms with Crippen molar-refractivity contribution in [2.45, 2.75) is 6.43 Å². The summed E-state index contributed by atoms with van der Waals surface area (Å²) in [7, 11) is 0. The summed E-state index contributed by atoms with van der Waals surface area (Å²) in [5.41, 5.74) is 0.850. The van der Waals surface area contributed by atoms with Crippen LogP contribution in [0.4, 0.5) is 8.78 Å². The van der Waals surface area contributed by atoms with E-state index in [0.717, 1.165) is 0 Å². The molecule has 0 N–H and O–H groups in total. The number of hydrogen-bond donors (Lipinski definition) is 0. The summed E-state index contributed by atoms with van der Waals surface area (Å²) in [5.74, 6) is 0. The molecule has 0 atom stereocenters. The van der Waals surface area contributed by atoms with Crippen LogP contribution in [-0.4, -0.2) is 0 Å². The summed E-state index contributed by atoms with van der Waals surface area (Å²) in [6.07, 6.45) is -2.58. The van der Waals surface area contributed by atoms with E-state index in [1.807, 2.05) is 0 Å². The van der Waals surface area contributed by atoms with Crippen LogP contribution < -0.4 is 0 Å². The Morgan fingerprint density at radius 2 is 1.47 bits per heavy atom. The lowest BCUT2D eigenvalue weighted by molar-refractivity contribution is 0.151. The van der Waals surface area contributed by atoms with Gasteiger partial charge in [0.15, 0.2) is 0 Å². The molecular formula is C13H6Cl4F2. The molecule has 0 unspecified atom stereocenters. The first-order valence-corrected chi connectivity index (χ1v) is 6.64. The van der Waals surface area contributed by atoms with Gasteiger partial charge in [0.05, 0.1) is 10.0 Å². The Labute approximate surface area is 128 Å². The van der Waals surface area contributed by atoms with Crippen LogP contribution in [0, 0.1) is 0 Å². The maximum absolute atomic E-state index is 12.6. The number of halogens is 6. The van der Waals surface area contributed by atoms with Gasteiger partial charge in [-0.25, -0.2) is 8.78 Å². The summed E-state index contributed by atoms with van der Waals surface area (Å²) in [6.45, 7) is 0. The smallest absolute Gasteiger partial charge is 0.205 e. The van der Waals surface area contributed by atoms with Crippen molar-refractivity contribution < 1.29 is 8.78 Å². The molecule has 0 aromatic heterocycles. The molecule has 0 saturated heterocycles. The Morgan fingerprint density at radius 3 is 2.05 bits per heavy atom. The van der Waals surface area contributed by atoms with Crippen molar-refractivity contribution in [3.8, 4) is 11.1 Å². The molecule has 2 aromatic carbocycles. The third-order valence-corrected chi connectivity index (χ3v) is 3.86. The first kappa shape index (κ1) is 14.9. The van der Waals surface area contributed by atoms with E-state index in [-0.39, 0.29) is 20.6 Å². The van der Waals surface area contributed by atoms with Gasteiger partial charge in [-0.1, -0.05) is 58.5 Å². The van der Waals surface area contributed by atoms with Gasteiger partial charge in [-0.15, -0.1) is 0 Å². The van der Waals surface area contributed by atoms with E-state index in [4.69, 9.17) is 46.4 Å². The summed E-state index contributed by atoms with van der Waals surface area (Å²) in [6, 6.07) is 7.04. The summed E-state index contributed by atoms with van der Waals surface area (Å²) < 4.78 is 25.1. The molecule has 0 aliphatic carbocycles. The number of benzene rings is 2. The maximum Gasteiger partial charge on any atom is 0.263 e. The summed E-state index contributed by atoms with van der Waals surface area (Å²) >= 11 is 23.9. The molecule has 0 heterocycles. The van der Waals surface area contributed by atoms with E-state index in [1.54, 1.807) is 6.07 Å². The highest BCUT2D eigenvalue weighted by atomic mass is 35.5. The number of alkyl halides is 2. The van der Waals surface area contributed by atoms with Crippen LogP contribution in [0.25, 0.3) is 11.1 Å². The molecule has 0 fully saturated rings. The highest BCUT2D eigenvalue weighted by molar-refractivity contribution is 6.45. The van der Waals surface area contributed by atoms with Gasteiger partial charge in [0.25, 0.3) is 6.43 Å². The predicted octanol–water partition coefficient (Wildman–Crippen LogP) is 6.90. The molecule has 0 aliphatic rings. The van der Waals surface area contributed by atoms with E-state index in [1.165, 1.54) is 24.3 Å². The highest BCUT2D eigenvalue weighted by Gasteiger charge is 2.15. The minimum absolute atomic E-state index is 0.155. The van der Waals surface area contributed by atoms with Gasteiger partial charge in [-0.05, 0) is 18.2 Å². The van der Waals surface area contributed by atoms with Crippen molar-refractivity contribution in [2.24, 2.45) is 0 Å². The van der Waals surface area contributed by atoms with Gasteiger partial charge in [0.2, 0.25) is 0 Å². The summed E-state index contributed by atoms with van der Waals surface area (Å²) in [5, 5.41) is 1.10. The highest BCUT2D eigenvalue weighted by Crippen LogP contribution is 2.40. The number of hydrogen-bond acceptors (Lipinski definition) is 0. The fourth-order valence-electron chi connectivity index (χ4n) is 1.64. The molecule has 100 valence electrons. The van der Waals surface area contributed by atoms with Gasteiger partial charge >= 0.3 is 0 Å². The molecule has 19 heavy (non-hydrogen) atoms. The Hall–Kier alpha value is -0.540. The fraction of sp³-hybridized carbons (Fsp3) is 0.0769. The van der Waals surface area contributed by atoms with Crippen molar-refractivity contribution in [1.82, 2.24) is 0 Å². The average Bonchev–Trinajstić information content (AvgIpc) is 2.33. The van der Waals surface area contributed by atoms with Crippen LogP contribution in [0.3, 0.4) is 0 Å². The van der Waals surface area contributed by atoms with Crippen LogP contribution in [0.2, 0.25) is 20.1 Å². The Balaban J connectivity index is 2.60. The van der Waals surface area contributed by atoms with Gasteiger partial charge in [-0.2, -0.15) is 0 Å². The lowest BCUT2D eigenvalue weighted by atomic mass is 10.0. The second-order valence-electron chi connectivity index (χ2n) is 3.79. The molecule has 6 heteroatoms. The van der Waals surface area contributed by atoms with E-state index in [9.17, 15) is 8.78 Å². The predicted molar refractivity (Wildman–Crippen MR) is 76.9 cm³/mol. The van der Waals surface area contributed by atoms with Gasteiger partial charge in [0, 0.05) is 26.7 Å². The molecule has 2 rings (SSSR count). The van der Waals surface area contributed by atoms with Crippen LogP contribution in [0.1, 0.15) is 12.0 Å². The van der Waals surface area contributed by atoms with Crippen LogP contribution in [-0.2, 0) is 0 Å². The Bertz CT molecular complexity index is 626. The zero-order valence-corrected chi connectivity index (χ0v) is 12.3. The first-order valence-electron chi connectivity index (χ1n) is 5.12. The SMILES string of the molecule is FC(F)c1ccc(-c2cc(Cl)cc(Cl)c2Cl)c(Cl)c1. The van der Waals surface area contributed by atoms with Crippen molar-refractivity contribution in [1.29, 1.82) is 0 Å². The molecule has 0 nitrogen and oxygen atoms in total. The fourth-order valence-corrected chi connectivity index (χ4v) is 2.63. The van der Waals surface area contributed by atoms with Crippen LogP contribution >= 0.6 is 46.4 Å². The molecule has 0 amide bonds. The molecule has 0 spiro atoms. The largest absolute Gasteiger partial charge is 0.263 e. The normalized spacial score (nSPS) is 11.1. The number of rotatable bonds is 2. The molecule has 0 bridgehead atoms.